The molecule has 33 heavy (non-hydrogen) atoms. The molecule has 0 bridgehead atoms. The maximum atomic E-state index is 11.2. The van der Waals surface area contributed by atoms with E-state index in [4.69, 9.17) is 19.9 Å². The van der Waals surface area contributed by atoms with Crippen molar-refractivity contribution >= 4 is 16.7 Å². The van der Waals surface area contributed by atoms with Gasteiger partial charge in [-0.15, -0.1) is 0 Å². The molecule has 174 valence electrons. The van der Waals surface area contributed by atoms with Crippen LogP contribution in [0, 0.1) is 0 Å². The number of nitrogens with two attached hydrogens (primary N) is 1. The maximum absolute atomic E-state index is 11.2. The van der Waals surface area contributed by atoms with Gasteiger partial charge in [0.2, 0.25) is 5.91 Å². The molecular formula is C27H32N2O4. The Labute approximate surface area is 195 Å². The predicted molar refractivity (Wildman–Crippen MR) is 129 cm³/mol. The van der Waals surface area contributed by atoms with Crippen LogP contribution >= 0.6 is 0 Å². The Balaban J connectivity index is 1.30. The number of primary amides is 1. The minimum atomic E-state index is -0.354. The standard InChI is InChI=1S/C27H32N2O4/c1-31-22-13-14-24-20(15-22)9-5-10-23(24)21-17-32-27(33-18-21)12-6-11-25(29-16-26(28)30)19-7-3-2-4-8-19/h2-5,7-10,13-15,21,25,27,29H,6,11-12,16-18H2,1H3,(H2,28,30). The monoisotopic (exact) mass is 448 g/mol. The van der Waals surface area contributed by atoms with Gasteiger partial charge in [-0.05, 0) is 53.3 Å². The molecule has 6 nitrogen and oxygen atoms in total. The van der Waals surface area contributed by atoms with Crippen LogP contribution in [0.25, 0.3) is 10.8 Å². The van der Waals surface area contributed by atoms with Gasteiger partial charge in [0.1, 0.15) is 5.75 Å². The average Bonchev–Trinajstić information content (AvgIpc) is 2.86. The molecule has 1 fully saturated rings. The number of fused-ring (bicyclic) bond motifs is 1. The summed E-state index contributed by atoms with van der Waals surface area (Å²) in [6.45, 7) is 1.43. The summed E-state index contributed by atoms with van der Waals surface area (Å²) in [5, 5.41) is 5.63. The topological polar surface area (TPSA) is 82.8 Å². The lowest BCUT2D eigenvalue weighted by molar-refractivity contribution is -0.190. The highest BCUT2D eigenvalue weighted by atomic mass is 16.7. The lowest BCUT2D eigenvalue weighted by Crippen LogP contribution is -2.33. The number of carbonyl (C=O) groups is 1. The Kier molecular flexibility index (Phi) is 7.94. The Hall–Kier alpha value is -2.93. The van der Waals surface area contributed by atoms with Crippen molar-refractivity contribution in [3.05, 3.63) is 77.9 Å². The molecule has 3 aromatic carbocycles. The Bertz CT molecular complexity index is 1050. The van der Waals surface area contributed by atoms with Crippen molar-refractivity contribution in [2.75, 3.05) is 26.9 Å². The minimum absolute atomic E-state index is 0.0720. The second-order valence-electron chi connectivity index (χ2n) is 8.47. The fourth-order valence-corrected chi connectivity index (χ4v) is 4.44. The number of hydrogen-bond donors (Lipinski definition) is 2. The third-order valence-corrected chi connectivity index (χ3v) is 6.18. The lowest BCUT2D eigenvalue weighted by Gasteiger charge is -2.30. The SMILES string of the molecule is COc1ccc2c(C3COC(CCCC(NCC(N)=O)c4ccccc4)OC3)cccc2c1. The third-order valence-electron chi connectivity index (χ3n) is 6.18. The third kappa shape index (κ3) is 6.11. The van der Waals surface area contributed by atoms with Crippen molar-refractivity contribution in [2.45, 2.75) is 37.5 Å². The Morgan fingerprint density at radius 3 is 2.61 bits per heavy atom. The van der Waals surface area contributed by atoms with E-state index in [-0.39, 0.29) is 30.7 Å². The molecular weight excluding hydrogens is 416 g/mol. The van der Waals surface area contributed by atoms with Crippen LogP contribution in [0.3, 0.4) is 0 Å². The van der Waals surface area contributed by atoms with Crippen LogP contribution in [0.1, 0.15) is 42.3 Å². The molecule has 1 unspecified atom stereocenters. The molecule has 1 heterocycles. The fraction of sp³-hybridized carbons (Fsp3) is 0.370. The van der Waals surface area contributed by atoms with E-state index in [9.17, 15) is 4.79 Å². The molecule has 0 aliphatic carbocycles. The van der Waals surface area contributed by atoms with Gasteiger partial charge in [0.25, 0.3) is 0 Å². The first-order chi connectivity index (χ1) is 16.1. The van der Waals surface area contributed by atoms with Gasteiger partial charge in [0.05, 0.1) is 26.9 Å². The number of methoxy groups -OCH3 is 1. The van der Waals surface area contributed by atoms with Crippen LogP contribution in [0.2, 0.25) is 0 Å². The molecule has 3 N–H and O–H groups in total. The molecule has 1 aliphatic rings. The Morgan fingerprint density at radius 1 is 1.09 bits per heavy atom. The summed E-state index contributed by atoms with van der Waals surface area (Å²) in [4.78, 5) is 11.2. The summed E-state index contributed by atoms with van der Waals surface area (Å²) < 4.78 is 17.5. The second kappa shape index (κ2) is 11.3. The van der Waals surface area contributed by atoms with Gasteiger partial charge in [0, 0.05) is 12.0 Å². The van der Waals surface area contributed by atoms with E-state index in [1.807, 2.05) is 24.3 Å². The highest BCUT2D eigenvalue weighted by Crippen LogP contribution is 2.32. The van der Waals surface area contributed by atoms with Crippen molar-refractivity contribution in [2.24, 2.45) is 5.73 Å². The van der Waals surface area contributed by atoms with E-state index in [0.29, 0.717) is 13.2 Å². The van der Waals surface area contributed by atoms with E-state index in [2.05, 4.69) is 47.8 Å². The zero-order valence-corrected chi connectivity index (χ0v) is 19.0. The summed E-state index contributed by atoms with van der Waals surface area (Å²) in [6, 6.07) is 22.7. The van der Waals surface area contributed by atoms with Gasteiger partial charge >= 0.3 is 0 Å². The summed E-state index contributed by atoms with van der Waals surface area (Å²) in [7, 11) is 1.68. The van der Waals surface area contributed by atoms with Crippen molar-refractivity contribution in [1.29, 1.82) is 0 Å². The molecule has 0 spiro atoms. The van der Waals surface area contributed by atoms with Crippen LogP contribution in [0.15, 0.2) is 66.7 Å². The van der Waals surface area contributed by atoms with E-state index in [1.165, 1.54) is 10.9 Å². The van der Waals surface area contributed by atoms with Crippen LogP contribution in [0.5, 0.6) is 5.75 Å². The number of hydrogen-bond acceptors (Lipinski definition) is 5. The molecule has 1 aliphatic heterocycles. The molecule has 6 heteroatoms. The highest BCUT2D eigenvalue weighted by Gasteiger charge is 2.25. The largest absolute Gasteiger partial charge is 0.497 e. The average molecular weight is 449 g/mol. The molecule has 0 saturated carbocycles. The normalized spacial score (nSPS) is 19.3. The quantitative estimate of drug-likeness (QED) is 0.483. The van der Waals surface area contributed by atoms with Crippen molar-refractivity contribution in [3.8, 4) is 5.75 Å². The van der Waals surface area contributed by atoms with Crippen molar-refractivity contribution in [3.63, 3.8) is 0 Å². The number of nitrogens with one attached hydrogen (secondary N) is 1. The lowest BCUT2D eigenvalue weighted by atomic mass is 9.94. The molecule has 0 radical (unpaired) electrons. The molecule has 1 atom stereocenters. The number of rotatable bonds is 10. The summed E-state index contributed by atoms with van der Waals surface area (Å²) >= 11 is 0. The summed E-state index contributed by atoms with van der Waals surface area (Å²) in [6.07, 6.45) is 2.38. The zero-order chi connectivity index (χ0) is 23.0. The molecule has 4 rings (SSSR count). The van der Waals surface area contributed by atoms with E-state index in [1.54, 1.807) is 7.11 Å². The minimum Gasteiger partial charge on any atom is -0.497 e. The van der Waals surface area contributed by atoms with Gasteiger partial charge in [-0.25, -0.2) is 0 Å². The smallest absolute Gasteiger partial charge is 0.231 e. The first kappa shape index (κ1) is 23.2. The highest BCUT2D eigenvalue weighted by molar-refractivity contribution is 5.87. The van der Waals surface area contributed by atoms with Gasteiger partial charge in [-0.3, -0.25) is 4.79 Å². The number of ether oxygens (including phenoxy) is 3. The van der Waals surface area contributed by atoms with Crippen LogP contribution in [-0.2, 0) is 14.3 Å². The first-order valence-corrected chi connectivity index (χ1v) is 11.5. The van der Waals surface area contributed by atoms with Gasteiger partial charge in [-0.2, -0.15) is 0 Å². The maximum Gasteiger partial charge on any atom is 0.231 e. The van der Waals surface area contributed by atoms with E-state index in [0.717, 1.165) is 36.0 Å². The fourth-order valence-electron chi connectivity index (χ4n) is 4.44. The summed E-state index contributed by atoms with van der Waals surface area (Å²) in [5.41, 5.74) is 7.72. The van der Waals surface area contributed by atoms with Crippen LogP contribution in [0.4, 0.5) is 0 Å². The molecule has 3 aromatic rings. The number of amides is 1. The number of carbonyl (C=O) groups excluding carboxylic acids is 1. The second-order valence-corrected chi connectivity index (χ2v) is 8.47. The van der Waals surface area contributed by atoms with Gasteiger partial charge < -0.3 is 25.3 Å². The zero-order valence-electron chi connectivity index (χ0n) is 19.0. The van der Waals surface area contributed by atoms with Gasteiger partial charge in [-0.1, -0.05) is 54.6 Å². The molecule has 0 aromatic heterocycles. The summed E-state index contributed by atoms with van der Waals surface area (Å²) in [5.74, 6) is 0.704. The first-order valence-electron chi connectivity index (χ1n) is 11.5. The Morgan fingerprint density at radius 2 is 1.88 bits per heavy atom. The molecule has 1 amide bonds. The van der Waals surface area contributed by atoms with E-state index >= 15 is 0 Å². The number of benzene rings is 3. The van der Waals surface area contributed by atoms with Crippen LogP contribution < -0.4 is 15.8 Å². The van der Waals surface area contributed by atoms with Crippen LogP contribution in [-0.4, -0.2) is 39.1 Å². The van der Waals surface area contributed by atoms with Crippen molar-refractivity contribution in [1.82, 2.24) is 5.32 Å². The van der Waals surface area contributed by atoms with E-state index < -0.39 is 0 Å². The van der Waals surface area contributed by atoms with Gasteiger partial charge in [0.15, 0.2) is 6.29 Å². The van der Waals surface area contributed by atoms with Crippen molar-refractivity contribution < 1.29 is 19.0 Å². The predicted octanol–water partition coefficient (Wildman–Crippen LogP) is 4.29. The molecule has 1 saturated heterocycles.